The van der Waals surface area contributed by atoms with E-state index in [9.17, 15) is 0 Å². The molecule has 0 aliphatic rings. The lowest BCUT2D eigenvalue weighted by molar-refractivity contribution is 0.192. The number of unbranched alkanes of at least 4 members (excludes halogenated alkanes) is 2. The smallest absolute Gasteiger partial charge is 0.191 e. The zero-order valence-corrected chi connectivity index (χ0v) is 17.6. The van der Waals surface area contributed by atoms with Crippen molar-refractivity contribution in [3.8, 4) is 0 Å². The van der Waals surface area contributed by atoms with Crippen LogP contribution in [0, 0.1) is 5.92 Å². The minimum atomic E-state index is 0. The van der Waals surface area contributed by atoms with Crippen molar-refractivity contribution < 1.29 is 4.74 Å². The zero-order chi connectivity index (χ0) is 15.9. The molecule has 5 heteroatoms. The van der Waals surface area contributed by atoms with E-state index in [1.807, 2.05) is 0 Å². The van der Waals surface area contributed by atoms with Crippen LogP contribution in [-0.4, -0.2) is 38.8 Å². The fourth-order valence-electron chi connectivity index (χ4n) is 2.18. The first-order valence-electron chi connectivity index (χ1n) is 8.63. The molecule has 2 N–H and O–H groups in total. The van der Waals surface area contributed by atoms with Crippen LogP contribution in [0.2, 0.25) is 0 Å². The molecule has 0 rings (SSSR count). The average Bonchev–Trinajstić information content (AvgIpc) is 2.42. The SMILES string of the molecule is CCNC(=NCCCCCOC)NC(C)CCCC(C)C.I. The fraction of sp³-hybridized carbons (Fsp3) is 0.941. The number of rotatable bonds is 12. The van der Waals surface area contributed by atoms with Crippen molar-refractivity contribution >= 4 is 29.9 Å². The summed E-state index contributed by atoms with van der Waals surface area (Å²) in [5, 5.41) is 6.84. The normalized spacial score (nSPS) is 12.9. The Hall–Kier alpha value is -0.0400. The van der Waals surface area contributed by atoms with E-state index < -0.39 is 0 Å². The first-order valence-corrected chi connectivity index (χ1v) is 8.63. The van der Waals surface area contributed by atoms with E-state index in [0.717, 1.165) is 44.4 Å². The van der Waals surface area contributed by atoms with Crippen LogP contribution in [0.15, 0.2) is 4.99 Å². The number of hydrogen-bond donors (Lipinski definition) is 2. The molecule has 0 saturated heterocycles. The second kappa shape index (κ2) is 17.3. The Morgan fingerprint density at radius 1 is 1.05 bits per heavy atom. The van der Waals surface area contributed by atoms with Crippen LogP contribution in [0.3, 0.4) is 0 Å². The highest BCUT2D eigenvalue weighted by Gasteiger charge is 2.05. The van der Waals surface area contributed by atoms with Gasteiger partial charge in [0.15, 0.2) is 5.96 Å². The van der Waals surface area contributed by atoms with Gasteiger partial charge in [0.25, 0.3) is 0 Å². The molecule has 0 amide bonds. The summed E-state index contributed by atoms with van der Waals surface area (Å²) in [6.45, 7) is 11.6. The van der Waals surface area contributed by atoms with Gasteiger partial charge in [-0.1, -0.05) is 26.7 Å². The van der Waals surface area contributed by atoms with E-state index >= 15 is 0 Å². The zero-order valence-electron chi connectivity index (χ0n) is 15.3. The molecule has 1 atom stereocenters. The summed E-state index contributed by atoms with van der Waals surface area (Å²) in [4.78, 5) is 4.65. The molecule has 0 aromatic carbocycles. The van der Waals surface area contributed by atoms with E-state index in [-0.39, 0.29) is 24.0 Å². The maximum Gasteiger partial charge on any atom is 0.191 e. The second-order valence-corrected chi connectivity index (χ2v) is 6.18. The first-order chi connectivity index (χ1) is 10.1. The maximum atomic E-state index is 5.05. The van der Waals surface area contributed by atoms with Crippen LogP contribution in [0.1, 0.15) is 66.2 Å². The maximum absolute atomic E-state index is 5.05. The van der Waals surface area contributed by atoms with Gasteiger partial charge in [0.1, 0.15) is 0 Å². The molecule has 0 bridgehead atoms. The number of nitrogens with one attached hydrogen (secondary N) is 2. The molecule has 4 nitrogen and oxygen atoms in total. The molecule has 0 radical (unpaired) electrons. The van der Waals surface area contributed by atoms with Crippen molar-refractivity contribution in [2.24, 2.45) is 10.9 Å². The summed E-state index contributed by atoms with van der Waals surface area (Å²) in [7, 11) is 1.76. The van der Waals surface area contributed by atoms with Gasteiger partial charge >= 0.3 is 0 Å². The van der Waals surface area contributed by atoms with E-state index in [2.05, 4.69) is 43.3 Å². The third-order valence-corrected chi connectivity index (χ3v) is 3.42. The summed E-state index contributed by atoms with van der Waals surface area (Å²) in [5.41, 5.74) is 0. The van der Waals surface area contributed by atoms with Crippen molar-refractivity contribution in [2.75, 3.05) is 26.8 Å². The summed E-state index contributed by atoms with van der Waals surface area (Å²) >= 11 is 0. The van der Waals surface area contributed by atoms with Gasteiger partial charge < -0.3 is 15.4 Å². The topological polar surface area (TPSA) is 45.7 Å². The van der Waals surface area contributed by atoms with Crippen molar-refractivity contribution in [3.05, 3.63) is 0 Å². The number of nitrogens with zero attached hydrogens (tertiary/aromatic N) is 1. The largest absolute Gasteiger partial charge is 0.385 e. The molecule has 0 saturated carbocycles. The van der Waals surface area contributed by atoms with Crippen LogP contribution in [0.25, 0.3) is 0 Å². The molecule has 0 heterocycles. The molecule has 22 heavy (non-hydrogen) atoms. The summed E-state index contributed by atoms with van der Waals surface area (Å²) in [5.74, 6) is 1.76. The van der Waals surface area contributed by atoms with E-state index in [4.69, 9.17) is 4.74 Å². The Morgan fingerprint density at radius 2 is 1.77 bits per heavy atom. The highest BCUT2D eigenvalue weighted by molar-refractivity contribution is 14.0. The Bertz CT molecular complexity index is 260. The monoisotopic (exact) mass is 427 g/mol. The van der Waals surface area contributed by atoms with Crippen molar-refractivity contribution in [1.82, 2.24) is 10.6 Å². The number of ether oxygens (including phenoxy) is 1. The molecule has 134 valence electrons. The van der Waals surface area contributed by atoms with Gasteiger partial charge in [-0.15, -0.1) is 24.0 Å². The quantitative estimate of drug-likeness (QED) is 0.213. The standard InChI is InChI=1S/C17H37N3O.HI/c1-6-18-17(19-13-8-7-9-14-21-5)20-16(4)12-10-11-15(2)3;/h15-16H,6-14H2,1-5H3,(H2,18,19,20);1H. The number of methoxy groups -OCH3 is 1. The lowest BCUT2D eigenvalue weighted by Gasteiger charge is -2.18. The van der Waals surface area contributed by atoms with Gasteiger partial charge in [-0.2, -0.15) is 0 Å². The van der Waals surface area contributed by atoms with Crippen LogP contribution in [0.5, 0.6) is 0 Å². The predicted octanol–water partition coefficient (Wildman–Crippen LogP) is 4.19. The molecular formula is C17H38IN3O. The third-order valence-electron chi connectivity index (χ3n) is 3.42. The second-order valence-electron chi connectivity index (χ2n) is 6.18. The van der Waals surface area contributed by atoms with Gasteiger partial charge in [-0.3, -0.25) is 4.99 Å². The van der Waals surface area contributed by atoms with Crippen LogP contribution in [0.4, 0.5) is 0 Å². The van der Waals surface area contributed by atoms with Gasteiger partial charge in [-0.05, 0) is 45.4 Å². The molecule has 0 spiro atoms. The van der Waals surface area contributed by atoms with Gasteiger partial charge in [-0.25, -0.2) is 0 Å². The van der Waals surface area contributed by atoms with E-state index in [0.29, 0.717) is 6.04 Å². The minimum Gasteiger partial charge on any atom is -0.385 e. The van der Waals surface area contributed by atoms with E-state index in [1.54, 1.807) is 7.11 Å². The fourth-order valence-corrected chi connectivity index (χ4v) is 2.18. The van der Waals surface area contributed by atoms with Gasteiger partial charge in [0, 0.05) is 32.8 Å². The van der Waals surface area contributed by atoms with Crippen LogP contribution >= 0.6 is 24.0 Å². The van der Waals surface area contributed by atoms with Crippen molar-refractivity contribution in [1.29, 1.82) is 0 Å². The van der Waals surface area contributed by atoms with Crippen LogP contribution < -0.4 is 10.6 Å². The van der Waals surface area contributed by atoms with Crippen LogP contribution in [-0.2, 0) is 4.74 Å². The third kappa shape index (κ3) is 16.3. The lowest BCUT2D eigenvalue weighted by Crippen LogP contribution is -2.42. The summed E-state index contributed by atoms with van der Waals surface area (Å²) in [6, 6.07) is 0.482. The van der Waals surface area contributed by atoms with Gasteiger partial charge in [0.05, 0.1) is 0 Å². The number of halogens is 1. The van der Waals surface area contributed by atoms with E-state index in [1.165, 1.54) is 25.7 Å². The lowest BCUT2D eigenvalue weighted by atomic mass is 10.0. The average molecular weight is 427 g/mol. The molecule has 0 aliphatic carbocycles. The molecular weight excluding hydrogens is 389 g/mol. The Morgan fingerprint density at radius 3 is 2.36 bits per heavy atom. The molecule has 0 aromatic rings. The molecule has 0 fully saturated rings. The van der Waals surface area contributed by atoms with Crippen molar-refractivity contribution in [2.45, 2.75) is 72.3 Å². The predicted molar refractivity (Wildman–Crippen MR) is 108 cm³/mol. The number of hydrogen-bond acceptors (Lipinski definition) is 2. The van der Waals surface area contributed by atoms with Crippen molar-refractivity contribution in [3.63, 3.8) is 0 Å². The summed E-state index contributed by atoms with van der Waals surface area (Å²) in [6.07, 6.45) is 7.22. The Kier molecular flexibility index (Phi) is 19.1. The molecule has 1 unspecified atom stereocenters. The Balaban J connectivity index is 0. The number of guanidine groups is 1. The highest BCUT2D eigenvalue weighted by Crippen LogP contribution is 2.08. The number of aliphatic imine (C=N–C) groups is 1. The molecule has 0 aliphatic heterocycles. The molecule has 0 aromatic heterocycles. The Labute approximate surface area is 155 Å². The first kappa shape index (κ1) is 24.2. The van der Waals surface area contributed by atoms with Gasteiger partial charge in [0.2, 0.25) is 0 Å². The minimum absolute atomic E-state index is 0. The highest BCUT2D eigenvalue weighted by atomic mass is 127. The summed E-state index contributed by atoms with van der Waals surface area (Å²) < 4.78 is 5.05.